The van der Waals surface area contributed by atoms with E-state index in [9.17, 15) is 0 Å². The molecular formula is C16H12N4O. The summed E-state index contributed by atoms with van der Waals surface area (Å²) in [5.41, 5.74) is 3.43. The van der Waals surface area contributed by atoms with E-state index in [4.69, 9.17) is 9.78 Å². The third-order valence-corrected chi connectivity index (χ3v) is 3.14. The third-order valence-electron chi connectivity index (χ3n) is 3.14. The minimum absolute atomic E-state index is 0.468. The number of pyridine rings is 1. The summed E-state index contributed by atoms with van der Waals surface area (Å²) in [6.07, 6.45) is 4.08. The quantitative estimate of drug-likeness (QED) is 0.735. The molecule has 2 heterocycles. The molecule has 102 valence electrons. The predicted molar refractivity (Wildman–Crippen MR) is 76.2 cm³/mol. The van der Waals surface area contributed by atoms with Gasteiger partial charge in [-0.3, -0.25) is 4.98 Å². The van der Waals surface area contributed by atoms with Crippen LogP contribution in [0.4, 0.5) is 0 Å². The molecule has 0 aliphatic heterocycles. The van der Waals surface area contributed by atoms with Crippen LogP contribution in [0.25, 0.3) is 11.5 Å². The number of hydrogen-bond acceptors (Lipinski definition) is 5. The van der Waals surface area contributed by atoms with Gasteiger partial charge in [0.2, 0.25) is 0 Å². The minimum Gasteiger partial charge on any atom is -0.334 e. The van der Waals surface area contributed by atoms with E-state index >= 15 is 0 Å². The van der Waals surface area contributed by atoms with Crippen LogP contribution in [-0.2, 0) is 6.42 Å². The van der Waals surface area contributed by atoms with Gasteiger partial charge in [-0.15, -0.1) is 0 Å². The van der Waals surface area contributed by atoms with Crippen LogP contribution in [0.5, 0.6) is 0 Å². The fourth-order valence-electron chi connectivity index (χ4n) is 2.09. The van der Waals surface area contributed by atoms with Crippen molar-refractivity contribution in [2.24, 2.45) is 0 Å². The molecule has 0 spiro atoms. The first kappa shape index (κ1) is 13.0. The van der Waals surface area contributed by atoms with E-state index in [0.717, 1.165) is 16.7 Å². The zero-order chi connectivity index (χ0) is 14.7. The second-order valence-corrected chi connectivity index (χ2v) is 4.70. The highest BCUT2D eigenvalue weighted by molar-refractivity contribution is 5.60. The lowest BCUT2D eigenvalue weighted by Gasteiger charge is -2.00. The van der Waals surface area contributed by atoms with Crippen LogP contribution in [0.15, 0.2) is 47.2 Å². The highest BCUT2D eigenvalue weighted by atomic mass is 16.5. The van der Waals surface area contributed by atoms with E-state index in [-0.39, 0.29) is 0 Å². The Morgan fingerprint density at radius 1 is 1.29 bits per heavy atom. The standard InChI is InChI=1S/C16H12N4O/c1-11-7-12(9-17)4-5-14(11)16-19-15(20-21-16)8-13-3-2-6-18-10-13/h2-7,10H,8H2,1H3. The molecule has 0 N–H and O–H groups in total. The summed E-state index contributed by atoms with van der Waals surface area (Å²) >= 11 is 0. The second kappa shape index (κ2) is 5.55. The van der Waals surface area contributed by atoms with Crippen LogP contribution in [0.2, 0.25) is 0 Å². The molecule has 0 amide bonds. The average molecular weight is 276 g/mol. The van der Waals surface area contributed by atoms with Crippen molar-refractivity contribution >= 4 is 0 Å². The highest BCUT2D eigenvalue weighted by Gasteiger charge is 2.12. The molecule has 0 aliphatic rings. The smallest absolute Gasteiger partial charge is 0.258 e. The number of nitriles is 1. The lowest BCUT2D eigenvalue weighted by molar-refractivity contribution is 0.423. The van der Waals surface area contributed by atoms with E-state index in [0.29, 0.717) is 23.7 Å². The number of benzene rings is 1. The van der Waals surface area contributed by atoms with Gasteiger partial charge in [0.1, 0.15) is 0 Å². The van der Waals surface area contributed by atoms with Gasteiger partial charge in [-0.05, 0) is 42.3 Å². The fraction of sp³-hybridized carbons (Fsp3) is 0.125. The van der Waals surface area contributed by atoms with E-state index in [1.807, 2.05) is 25.1 Å². The summed E-state index contributed by atoms with van der Waals surface area (Å²) in [6, 6.07) is 11.3. The first-order valence-electron chi connectivity index (χ1n) is 6.49. The summed E-state index contributed by atoms with van der Waals surface area (Å²) in [7, 11) is 0. The third kappa shape index (κ3) is 2.79. The summed E-state index contributed by atoms with van der Waals surface area (Å²) in [5, 5.41) is 12.9. The zero-order valence-corrected chi connectivity index (χ0v) is 11.4. The molecule has 5 heteroatoms. The molecule has 0 radical (unpaired) electrons. The normalized spacial score (nSPS) is 10.3. The first-order valence-corrected chi connectivity index (χ1v) is 6.49. The van der Waals surface area contributed by atoms with Crippen molar-refractivity contribution in [1.29, 1.82) is 5.26 Å². The van der Waals surface area contributed by atoms with Gasteiger partial charge >= 0.3 is 0 Å². The molecule has 5 nitrogen and oxygen atoms in total. The van der Waals surface area contributed by atoms with Crippen LogP contribution >= 0.6 is 0 Å². The van der Waals surface area contributed by atoms with Crippen LogP contribution < -0.4 is 0 Å². The highest BCUT2D eigenvalue weighted by Crippen LogP contribution is 2.23. The molecular weight excluding hydrogens is 264 g/mol. The van der Waals surface area contributed by atoms with Crippen molar-refractivity contribution < 1.29 is 4.52 Å². The molecule has 0 saturated heterocycles. The van der Waals surface area contributed by atoms with Gasteiger partial charge in [0.15, 0.2) is 5.82 Å². The Balaban J connectivity index is 1.87. The molecule has 0 bridgehead atoms. The number of aryl methyl sites for hydroxylation is 1. The molecule has 3 aromatic rings. The van der Waals surface area contributed by atoms with Crippen LogP contribution in [0.3, 0.4) is 0 Å². The topological polar surface area (TPSA) is 75.6 Å². The summed E-state index contributed by atoms with van der Waals surface area (Å²) in [6.45, 7) is 1.92. The molecule has 0 atom stereocenters. The Morgan fingerprint density at radius 3 is 2.90 bits per heavy atom. The van der Waals surface area contributed by atoms with Gasteiger partial charge < -0.3 is 4.52 Å². The molecule has 0 saturated carbocycles. The summed E-state index contributed by atoms with van der Waals surface area (Å²) in [4.78, 5) is 8.47. The number of nitrogens with zero attached hydrogens (tertiary/aromatic N) is 4. The average Bonchev–Trinajstić information content (AvgIpc) is 2.96. The number of rotatable bonds is 3. The van der Waals surface area contributed by atoms with Crippen molar-refractivity contribution in [2.75, 3.05) is 0 Å². The first-order chi connectivity index (χ1) is 10.3. The van der Waals surface area contributed by atoms with Gasteiger partial charge in [-0.25, -0.2) is 0 Å². The molecule has 0 fully saturated rings. The maximum atomic E-state index is 8.88. The minimum atomic E-state index is 0.468. The van der Waals surface area contributed by atoms with Gasteiger partial charge in [0.05, 0.1) is 11.6 Å². The predicted octanol–water partition coefficient (Wildman–Crippen LogP) is 2.90. The molecule has 3 rings (SSSR count). The monoisotopic (exact) mass is 276 g/mol. The summed E-state index contributed by atoms with van der Waals surface area (Å²) < 4.78 is 5.31. The Bertz CT molecular complexity index is 803. The zero-order valence-electron chi connectivity index (χ0n) is 11.4. The Hall–Kier alpha value is -3.00. The van der Waals surface area contributed by atoms with Crippen molar-refractivity contribution in [3.05, 3.63) is 65.2 Å². The number of aromatic nitrogens is 3. The molecule has 2 aromatic heterocycles. The van der Waals surface area contributed by atoms with E-state index in [2.05, 4.69) is 21.2 Å². The van der Waals surface area contributed by atoms with Crippen LogP contribution in [0.1, 0.15) is 22.5 Å². The Labute approximate surface area is 121 Å². The summed E-state index contributed by atoms with van der Waals surface area (Å²) in [5.74, 6) is 1.08. The van der Waals surface area contributed by atoms with E-state index < -0.39 is 0 Å². The largest absolute Gasteiger partial charge is 0.334 e. The van der Waals surface area contributed by atoms with Crippen molar-refractivity contribution in [1.82, 2.24) is 15.1 Å². The van der Waals surface area contributed by atoms with E-state index in [1.54, 1.807) is 24.5 Å². The Kier molecular flexibility index (Phi) is 3.44. The van der Waals surface area contributed by atoms with Crippen LogP contribution in [0, 0.1) is 18.3 Å². The number of hydrogen-bond donors (Lipinski definition) is 0. The van der Waals surface area contributed by atoms with Gasteiger partial charge in [-0.1, -0.05) is 11.2 Å². The lowest BCUT2D eigenvalue weighted by atomic mass is 10.1. The maximum Gasteiger partial charge on any atom is 0.258 e. The van der Waals surface area contributed by atoms with Crippen LogP contribution in [-0.4, -0.2) is 15.1 Å². The van der Waals surface area contributed by atoms with E-state index in [1.165, 1.54) is 0 Å². The SMILES string of the molecule is Cc1cc(C#N)ccc1-c1nc(Cc2cccnc2)no1. The molecule has 0 aliphatic carbocycles. The molecule has 21 heavy (non-hydrogen) atoms. The molecule has 0 unspecified atom stereocenters. The van der Waals surface area contributed by atoms with Crippen molar-refractivity contribution in [3.63, 3.8) is 0 Å². The Morgan fingerprint density at radius 2 is 2.19 bits per heavy atom. The lowest BCUT2D eigenvalue weighted by Crippen LogP contribution is -1.91. The fourth-order valence-corrected chi connectivity index (χ4v) is 2.09. The van der Waals surface area contributed by atoms with Crippen molar-refractivity contribution in [2.45, 2.75) is 13.3 Å². The van der Waals surface area contributed by atoms with Gasteiger partial charge in [0, 0.05) is 24.4 Å². The van der Waals surface area contributed by atoms with Gasteiger partial charge in [0.25, 0.3) is 5.89 Å². The second-order valence-electron chi connectivity index (χ2n) is 4.70. The molecule has 1 aromatic carbocycles. The maximum absolute atomic E-state index is 8.88. The van der Waals surface area contributed by atoms with Gasteiger partial charge in [-0.2, -0.15) is 10.2 Å². The van der Waals surface area contributed by atoms with Crippen molar-refractivity contribution in [3.8, 4) is 17.5 Å².